The van der Waals surface area contributed by atoms with E-state index in [0.29, 0.717) is 0 Å². The summed E-state index contributed by atoms with van der Waals surface area (Å²) in [6.07, 6.45) is 0. The molecule has 0 radical (unpaired) electrons. The van der Waals surface area contributed by atoms with Gasteiger partial charge >= 0.3 is 77.0 Å². The van der Waals surface area contributed by atoms with Gasteiger partial charge in [-0.15, -0.1) is 0 Å². The van der Waals surface area contributed by atoms with Crippen LogP contribution in [0.25, 0.3) is 0 Å². The number of halogens is 2. The molecule has 0 aliphatic carbocycles. The van der Waals surface area contributed by atoms with Crippen LogP contribution in [0.1, 0.15) is 6.92 Å². The fourth-order valence-electron chi connectivity index (χ4n) is 0.233. The van der Waals surface area contributed by atoms with Crippen LogP contribution < -0.4 is 0 Å². The third-order valence-corrected chi connectivity index (χ3v) is 5.87. The van der Waals surface area contributed by atoms with E-state index in [1.54, 1.807) is 0 Å². The molecule has 0 aromatic heterocycles. The van der Waals surface area contributed by atoms with Crippen LogP contribution in [0, 0.1) is 0 Å². The SMILES string of the molecule is CC(=[C]=[Ru]([Cl])[Cl])[Si](C)(C)C. The molecular formula is C6H12Cl2RuSi. The molecule has 0 bridgehead atoms. The number of allylic oxidation sites excluding steroid dienone is 1. The third-order valence-electron chi connectivity index (χ3n) is 1.32. The number of rotatable bonds is 1. The van der Waals surface area contributed by atoms with E-state index in [-0.39, 0.29) is 0 Å². The van der Waals surface area contributed by atoms with E-state index in [4.69, 9.17) is 19.4 Å². The van der Waals surface area contributed by atoms with Crippen LogP contribution in [0.5, 0.6) is 0 Å². The summed E-state index contributed by atoms with van der Waals surface area (Å²) in [6, 6.07) is 0. The molecule has 0 heterocycles. The van der Waals surface area contributed by atoms with Crippen LogP contribution in [-0.4, -0.2) is 12.3 Å². The van der Waals surface area contributed by atoms with Crippen molar-refractivity contribution in [3.8, 4) is 0 Å². The van der Waals surface area contributed by atoms with Gasteiger partial charge in [0.25, 0.3) is 0 Å². The summed E-state index contributed by atoms with van der Waals surface area (Å²) in [5, 5.41) is 1.30. The molecule has 0 rings (SSSR count). The maximum absolute atomic E-state index is 5.68. The van der Waals surface area contributed by atoms with Crippen LogP contribution in [-0.2, 0) is 13.5 Å². The van der Waals surface area contributed by atoms with Crippen LogP contribution in [0.4, 0.5) is 0 Å². The van der Waals surface area contributed by atoms with E-state index in [1.165, 1.54) is 5.20 Å². The standard InChI is InChI=1S/C6H12Si.2ClH.Ru/c1-6(2)7(3,4)5;;;/h1,3-5H3;2*1H;/q;;;+2/p-2. The molecule has 0 aliphatic rings. The number of hydrogen-bond donors (Lipinski definition) is 0. The first kappa shape index (κ1) is 11.1. The Hall–Kier alpha value is 1.07. The first-order valence-electron chi connectivity index (χ1n) is 2.94. The topological polar surface area (TPSA) is 0 Å². The normalized spacial score (nSPS) is 12.4. The molecule has 0 saturated heterocycles. The molecule has 0 fully saturated rings. The first-order valence-corrected chi connectivity index (χ1v) is 11.8. The zero-order valence-corrected chi connectivity index (χ0v) is 10.9. The van der Waals surface area contributed by atoms with Crippen molar-refractivity contribution < 1.29 is 13.5 Å². The molecule has 0 spiro atoms. The summed E-state index contributed by atoms with van der Waals surface area (Å²) in [5.41, 5.74) is 0. The Labute approximate surface area is 76.7 Å². The van der Waals surface area contributed by atoms with Gasteiger partial charge in [0.1, 0.15) is 0 Å². The van der Waals surface area contributed by atoms with Crippen molar-refractivity contribution in [2.75, 3.05) is 0 Å². The Balaban J connectivity index is 4.69. The van der Waals surface area contributed by atoms with Crippen LogP contribution in [0.3, 0.4) is 0 Å². The van der Waals surface area contributed by atoms with E-state index in [2.05, 4.69) is 30.8 Å². The summed E-state index contributed by atoms with van der Waals surface area (Å²) < 4.78 is 3.14. The molecular weight excluding hydrogens is 272 g/mol. The maximum atomic E-state index is 5.68. The van der Waals surface area contributed by atoms with Crippen LogP contribution in [0.15, 0.2) is 5.20 Å². The predicted molar refractivity (Wildman–Crippen MR) is 49.2 cm³/mol. The zero-order chi connectivity index (χ0) is 8.36. The van der Waals surface area contributed by atoms with Gasteiger partial charge in [-0.2, -0.15) is 0 Å². The van der Waals surface area contributed by atoms with E-state index in [1.807, 2.05) is 0 Å². The van der Waals surface area contributed by atoms with Gasteiger partial charge in [0.05, 0.1) is 0 Å². The molecule has 4 heteroatoms. The molecule has 0 nitrogen and oxygen atoms in total. The molecule has 0 aromatic rings. The van der Waals surface area contributed by atoms with Gasteiger partial charge in [-0.25, -0.2) is 0 Å². The van der Waals surface area contributed by atoms with Gasteiger partial charge in [-0.3, -0.25) is 0 Å². The predicted octanol–water partition coefficient (Wildman–Crippen LogP) is 3.14. The fraction of sp³-hybridized carbons (Fsp3) is 0.667. The Morgan fingerprint density at radius 2 is 1.70 bits per heavy atom. The second kappa shape index (κ2) is 4.18. The van der Waals surface area contributed by atoms with E-state index < -0.39 is 21.6 Å². The van der Waals surface area contributed by atoms with E-state index in [9.17, 15) is 0 Å². The van der Waals surface area contributed by atoms with Crippen LogP contribution in [0.2, 0.25) is 19.6 Å². The van der Waals surface area contributed by atoms with Crippen molar-refractivity contribution in [2.24, 2.45) is 0 Å². The molecule has 10 heavy (non-hydrogen) atoms. The van der Waals surface area contributed by atoms with Crippen molar-refractivity contribution in [2.45, 2.75) is 26.6 Å². The Kier molecular flexibility index (Phi) is 4.63. The molecule has 0 unspecified atom stereocenters. The summed E-state index contributed by atoms with van der Waals surface area (Å²) in [4.78, 5) is 0. The average molecular weight is 284 g/mol. The van der Waals surface area contributed by atoms with Gasteiger partial charge in [-0.1, -0.05) is 0 Å². The quantitative estimate of drug-likeness (QED) is 0.649. The number of hydrogen-bond acceptors (Lipinski definition) is 0. The summed E-state index contributed by atoms with van der Waals surface area (Å²) in [7, 11) is 10.2. The van der Waals surface area contributed by atoms with Crippen molar-refractivity contribution in [1.29, 1.82) is 0 Å². The zero-order valence-electron chi connectivity index (χ0n) is 6.61. The Morgan fingerprint density at radius 3 is 1.80 bits per heavy atom. The minimum atomic E-state index is -1.67. The molecule has 0 N–H and O–H groups in total. The van der Waals surface area contributed by atoms with Crippen molar-refractivity contribution in [3.05, 3.63) is 5.20 Å². The Bertz CT molecular complexity index is 182. The average Bonchev–Trinajstić information content (AvgIpc) is 1.60. The summed E-state index contributed by atoms with van der Waals surface area (Å²) in [6.45, 7) is 8.87. The molecule has 0 aliphatic heterocycles. The van der Waals surface area contributed by atoms with Crippen molar-refractivity contribution in [1.82, 2.24) is 0 Å². The first-order chi connectivity index (χ1) is 4.34. The Morgan fingerprint density at radius 1 is 1.30 bits per heavy atom. The monoisotopic (exact) mass is 284 g/mol. The summed E-state index contributed by atoms with van der Waals surface area (Å²) >= 11 is -1.67. The van der Waals surface area contributed by atoms with Crippen molar-refractivity contribution in [3.63, 3.8) is 0 Å². The third kappa shape index (κ3) is 4.82. The van der Waals surface area contributed by atoms with Gasteiger partial charge < -0.3 is 0 Å². The molecule has 0 saturated carbocycles. The van der Waals surface area contributed by atoms with E-state index >= 15 is 0 Å². The second-order valence-electron chi connectivity index (χ2n) is 3.15. The molecule has 0 atom stereocenters. The van der Waals surface area contributed by atoms with Gasteiger partial charge in [0, 0.05) is 0 Å². The van der Waals surface area contributed by atoms with Gasteiger partial charge in [0.2, 0.25) is 0 Å². The van der Waals surface area contributed by atoms with Crippen molar-refractivity contribution >= 4 is 31.7 Å². The minimum absolute atomic E-state index is 1.15. The molecule has 0 amide bonds. The summed E-state index contributed by atoms with van der Waals surface area (Å²) in [5.74, 6) is 0. The molecule has 62 valence electrons. The van der Waals surface area contributed by atoms with Gasteiger partial charge in [0.15, 0.2) is 0 Å². The second-order valence-corrected chi connectivity index (χ2v) is 13.7. The van der Waals surface area contributed by atoms with E-state index in [0.717, 1.165) is 0 Å². The fourth-order valence-corrected chi connectivity index (χ4v) is 5.32. The van der Waals surface area contributed by atoms with Crippen LogP contribution >= 0.6 is 19.4 Å². The molecule has 0 aromatic carbocycles. The van der Waals surface area contributed by atoms with Gasteiger partial charge in [-0.05, 0) is 0 Å².